The number of benzene rings is 2. The first-order chi connectivity index (χ1) is 11.7. The Morgan fingerprint density at radius 1 is 1.04 bits per heavy atom. The van der Waals surface area contributed by atoms with E-state index in [1.165, 1.54) is 22.4 Å². The van der Waals surface area contributed by atoms with Crippen LogP contribution >= 0.6 is 0 Å². The molecule has 0 saturated carbocycles. The van der Waals surface area contributed by atoms with Crippen LogP contribution in [0.2, 0.25) is 0 Å². The quantitative estimate of drug-likeness (QED) is 0.865. The molecule has 2 aliphatic rings. The highest BCUT2D eigenvalue weighted by Gasteiger charge is 2.40. The Bertz CT molecular complexity index is 778. The summed E-state index contributed by atoms with van der Waals surface area (Å²) in [6, 6.07) is 15.0. The molecule has 0 bridgehead atoms. The summed E-state index contributed by atoms with van der Waals surface area (Å²) in [6.45, 7) is 0. The molecule has 0 N–H and O–H groups in total. The topological polar surface area (TPSA) is 34.1 Å². The van der Waals surface area contributed by atoms with Crippen molar-refractivity contribution < 1.29 is 9.47 Å². The van der Waals surface area contributed by atoms with Crippen molar-refractivity contribution in [2.75, 3.05) is 21.3 Å². The van der Waals surface area contributed by atoms with E-state index in [9.17, 15) is 0 Å². The van der Waals surface area contributed by atoms with E-state index in [0.717, 1.165) is 24.3 Å². The average Bonchev–Trinajstić information content (AvgIpc) is 2.97. The second kappa shape index (κ2) is 5.86. The minimum atomic E-state index is 0.220. The molecule has 0 aromatic heterocycles. The molecule has 2 atom stereocenters. The molecule has 24 heavy (non-hydrogen) atoms. The van der Waals surface area contributed by atoms with Crippen LogP contribution in [0.4, 0.5) is 0 Å². The lowest BCUT2D eigenvalue weighted by atomic mass is 9.77. The van der Waals surface area contributed by atoms with Crippen molar-refractivity contribution in [1.82, 2.24) is 5.01 Å². The summed E-state index contributed by atoms with van der Waals surface area (Å²) in [6.07, 6.45) is 2.22. The first-order valence-corrected chi connectivity index (χ1v) is 8.34. The molecule has 0 saturated heterocycles. The van der Waals surface area contributed by atoms with E-state index >= 15 is 0 Å². The van der Waals surface area contributed by atoms with Gasteiger partial charge in [-0.25, -0.2) is 0 Å². The highest BCUT2D eigenvalue weighted by Crippen LogP contribution is 2.43. The smallest absolute Gasteiger partial charge is 0.122 e. The molecule has 2 aromatic rings. The van der Waals surface area contributed by atoms with Crippen molar-refractivity contribution in [3.63, 3.8) is 0 Å². The van der Waals surface area contributed by atoms with Gasteiger partial charge in [0.25, 0.3) is 0 Å². The molecule has 2 aromatic carbocycles. The third kappa shape index (κ3) is 2.33. The highest BCUT2D eigenvalue weighted by atomic mass is 16.5. The van der Waals surface area contributed by atoms with Gasteiger partial charge in [-0.2, -0.15) is 5.10 Å². The molecule has 1 aliphatic carbocycles. The minimum absolute atomic E-state index is 0.220. The van der Waals surface area contributed by atoms with Crippen LogP contribution in [0.3, 0.4) is 0 Å². The van der Waals surface area contributed by atoms with Gasteiger partial charge in [0.15, 0.2) is 0 Å². The van der Waals surface area contributed by atoms with Crippen molar-refractivity contribution in [3.8, 4) is 11.5 Å². The Kier molecular flexibility index (Phi) is 3.68. The standard InChI is InChI=1S/C20H22N2O2/c1-22-20(14-10-15(23-2)12-16(11-14)24-3)18-9-8-13-6-4-5-7-17(13)19(18)21-22/h4-7,10-12,18,20H,8-9H2,1-3H3. The van der Waals surface area contributed by atoms with Gasteiger partial charge in [-0.1, -0.05) is 24.3 Å². The number of fused-ring (bicyclic) bond motifs is 3. The third-order valence-corrected chi connectivity index (χ3v) is 5.13. The lowest BCUT2D eigenvalue weighted by Gasteiger charge is -2.29. The monoisotopic (exact) mass is 322 g/mol. The van der Waals surface area contributed by atoms with Crippen molar-refractivity contribution >= 4 is 5.71 Å². The van der Waals surface area contributed by atoms with Crippen LogP contribution in [-0.4, -0.2) is 32.0 Å². The fourth-order valence-electron chi connectivity index (χ4n) is 4.01. The number of hydrazone groups is 1. The molecule has 4 rings (SSSR count). The number of aryl methyl sites for hydroxylation is 1. The maximum absolute atomic E-state index is 5.45. The normalized spacial score (nSPS) is 21.8. The number of hydrogen-bond acceptors (Lipinski definition) is 4. The van der Waals surface area contributed by atoms with Gasteiger partial charge in [-0.15, -0.1) is 0 Å². The van der Waals surface area contributed by atoms with Gasteiger partial charge in [0, 0.05) is 24.6 Å². The molecule has 0 spiro atoms. The zero-order chi connectivity index (χ0) is 16.7. The Morgan fingerprint density at radius 3 is 2.46 bits per heavy atom. The van der Waals surface area contributed by atoms with Gasteiger partial charge in [-0.3, -0.25) is 5.01 Å². The van der Waals surface area contributed by atoms with Crippen LogP contribution in [0.5, 0.6) is 11.5 Å². The number of hydrogen-bond donors (Lipinski definition) is 0. The summed E-state index contributed by atoms with van der Waals surface area (Å²) < 4.78 is 10.9. The summed E-state index contributed by atoms with van der Waals surface area (Å²) in [4.78, 5) is 0. The van der Waals surface area contributed by atoms with Gasteiger partial charge in [0.2, 0.25) is 0 Å². The van der Waals surface area contributed by atoms with Gasteiger partial charge in [0.1, 0.15) is 11.5 Å². The van der Waals surface area contributed by atoms with Crippen molar-refractivity contribution in [3.05, 3.63) is 59.2 Å². The van der Waals surface area contributed by atoms with E-state index in [4.69, 9.17) is 14.6 Å². The molecular formula is C20H22N2O2. The van der Waals surface area contributed by atoms with E-state index in [1.807, 2.05) is 6.07 Å². The second-order valence-corrected chi connectivity index (χ2v) is 6.45. The predicted octanol–water partition coefficient (Wildman–Crippen LogP) is 3.66. The average molecular weight is 322 g/mol. The van der Waals surface area contributed by atoms with Crippen LogP contribution in [0.1, 0.15) is 29.2 Å². The summed E-state index contributed by atoms with van der Waals surface area (Å²) in [5, 5.41) is 6.98. The van der Waals surface area contributed by atoms with Crippen molar-refractivity contribution in [2.45, 2.75) is 18.9 Å². The Morgan fingerprint density at radius 2 is 1.75 bits per heavy atom. The van der Waals surface area contributed by atoms with Gasteiger partial charge < -0.3 is 9.47 Å². The van der Waals surface area contributed by atoms with Crippen molar-refractivity contribution in [2.24, 2.45) is 11.0 Å². The zero-order valence-corrected chi connectivity index (χ0v) is 14.3. The fourth-order valence-corrected chi connectivity index (χ4v) is 4.01. The number of ether oxygens (including phenoxy) is 2. The first-order valence-electron chi connectivity index (χ1n) is 8.34. The summed E-state index contributed by atoms with van der Waals surface area (Å²) >= 11 is 0. The predicted molar refractivity (Wildman–Crippen MR) is 94.8 cm³/mol. The summed E-state index contributed by atoms with van der Waals surface area (Å²) in [5.74, 6) is 2.05. The highest BCUT2D eigenvalue weighted by molar-refractivity contribution is 6.05. The van der Waals surface area contributed by atoms with Crippen LogP contribution in [-0.2, 0) is 6.42 Å². The Labute approximate surface area is 142 Å². The lowest BCUT2D eigenvalue weighted by molar-refractivity contribution is 0.242. The van der Waals surface area contributed by atoms with Crippen LogP contribution in [0, 0.1) is 5.92 Å². The number of methoxy groups -OCH3 is 2. The van der Waals surface area contributed by atoms with E-state index in [0.29, 0.717) is 5.92 Å². The van der Waals surface area contributed by atoms with E-state index in [1.54, 1.807) is 14.2 Å². The molecule has 0 amide bonds. The third-order valence-electron chi connectivity index (χ3n) is 5.13. The second-order valence-electron chi connectivity index (χ2n) is 6.45. The molecule has 1 heterocycles. The minimum Gasteiger partial charge on any atom is -0.497 e. The molecule has 1 aliphatic heterocycles. The molecule has 124 valence electrons. The number of rotatable bonds is 3. The molecule has 0 radical (unpaired) electrons. The molecule has 2 unspecified atom stereocenters. The van der Waals surface area contributed by atoms with Crippen LogP contribution in [0.25, 0.3) is 0 Å². The van der Waals surface area contributed by atoms with Gasteiger partial charge in [0.05, 0.1) is 26.0 Å². The van der Waals surface area contributed by atoms with Gasteiger partial charge >= 0.3 is 0 Å². The molecule has 4 heteroatoms. The summed E-state index contributed by atoms with van der Waals surface area (Å²) in [7, 11) is 5.44. The molecular weight excluding hydrogens is 300 g/mol. The Hall–Kier alpha value is -2.49. The van der Waals surface area contributed by atoms with Crippen molar-refractivity contribution in [1.29, 1.82) is 0 Å². The summed E-state index contributed by atoms with van der Waals surface area (Å²) in [5.41, 5.74) is 5.12. The van der Waals surface area contributed by atoms with Gasteiger partial charge in [-0.05, 0) is 36.1 Å². The SMILES string of the molecule is COc1cc(OC)cc(C2C3CCc4ccccc4C3=NN2C)c1. The largest absolute Gasteiger partial charge is 0.497 e. The fraction of sp³-hybridized carbons (Fsp3) is 0.350. The molecule has 0 fully saturated rings. The van der Waals surface area contributed by atoms with E-state index in [-0.39, 0.29) is 6.04 Å². The Balaban J connectivity index is 1.75. The zero-order valence-electron chi connectivity index (χ0n) is 14.3. The maximum Gasteiger partial charge on any atom is 0.122 e. The van der Waals surface area contributed by atoms with E-state index in [2.05, 4.69) is 48.5 Å². The number of nitrogens with zero attached hydrogens (tertiary/aromatic N) is 2. The van der Waals surface area contributed by atoms with Crippen LogP contribution < -0.4 is 9.47 Å². The lowest BCUT2D eigenvalue weighted by Crippen LogP contribution is -2.27. The van der Waals surface area contributed by atoms with Crippen LogP contribution in [0.15, 0.2) is 47.6 Å². The first kappa shape index (κ1) is 15.1. The maximum atomic E-state index is 5.45. The molecule has 4 nitrogen and oxygen atoms in total. The van der Waals surface area contributed by atoms with E-state index < -0.39 is 0 Å².